The molecule has 0 aliphatic heterocycles. The minimum Gasteiger partial charge on any atom is -0.157 e. The van der Waals surface area contributed by atoms with Crippen molar-refractivity contribution in [3.05, 3.63) is 111 Å². The normalized spacial score (nSPS) is 23.8. The van der Waals surface area contributed by atoms with Crippen molar-refractivity contribution in [1.82, 2.24) is 0 Å². The van der Waals surface area contributed by atoms with E-state index < -0.39 is 0 Å². The second kappa shape index (κ2) is 8.56. The molecule has 0 spiro atoms. The van der Waals surface area contributed by atoms with Gasteiger partial charge in [-0.15, -0.1) is 0 Å². The lowest BCUT2D eigenvalue weighted by atomic mass is 9.62. The summed E-state index contributed by atoms with van der Waals surface area (Å²) in [5.41, 5.74) is 16.3. The highest BCUT2D eigenvalue weighted by Crippen LogP contribution is 2.61. The van der Waals surface area contributed by atoms with Gasteiger partial charge < -0.3 is 0 Å². The molecule has 0 saturated heterocycles. The Bertz CT molecular complexity index is 1390. The second-order valence-electron chi connectivity index (χ2n) is 10.9. The quantitative estimate of drug-likeness (QED) is 0.361. The van der Waals surface area contributed by atoms with Gasteiger partial charge in [0, 0.05) is 10.7 Å². The van der Waals surface area contributed by atoms with Crippen molar-refractivity contribution < 1.29 is 0 Å². The van der Waals surface area contributed by atoms with Crippen LogP contribution < -0.4 is 0 Å². The van der Waals surface area contributed by atoms with Gasteiger partial charge in [0.05, 0.1) is 0 Å². The SMILES string of the molecule is CCCC[C@@H]1C=Cc2cccc3c2[C@@]1(C)C1=C3c2cccc(c2C)CC(SC)c2cccc1c2C. The van der Waals surface area contributed by atoms with Crippen LogP contribution in [0.15, 0.2) is 60.7 Å². The Morgan fingerprint density at radius 2 is 1.66 bits per heavy atom. The Morgan fingerprint density at radius 1 is 0.914 bits per heavy atom. The van der Waals surface area contributed by atoms with Gasteiger partial charge in [0.2, 0.25) is 0 Å². The molecule has 35 heavy (non-hydrogen) atoms. The van der Waals surface area contributed by atoms with Gasteiger partial charge in [-0.3, -0.25) is 0 Å². The smallest absolute Gasteiger partial charge is 0.0337 e. The van der Waals surface area contributed by atoms with E-state index in [-0.39, 0.29) is 5.41 Å². The molecule has 3 aliphatic rings. The summed E-state index contributed by atoms with van der Waals surface area (Å²) in [5.74, 6) is 0.509. The number of thioether (sulfide) groups is 1. The van der Waals surface area contributed by atoms with Gasteiger partial charge in [0.15, 0.2) is 0 Å². The van der Waals surface area contributed by atoms with Crippen LogP contribution >= 0.6 is 11.8 Å². The minimum absolute atomic E-state index is 0.0228. The highest BCUT2D eigenvalue weighted by Gasteiger charge is 2.49. The molecule has 1 unspecified atom stereocenters. The van der Waals surface area contributed by atoms with Crippen molar-refractivity contribution in [3.63, 3.8) is 0 Å². The Balaban J connectivity index is 1.77. The highest BCUT2D eigenvalue weighted by atomic mass is 32.2. The summed E-state index contributed by atoms with van der Waals surface area (Å²) in [7, 11) is 0. The molecule has 4 bridgehead atoms. The van der Waals surface area contributed by atoms with Crippen LogP contribution in [0.5, 0.6) is 0 Å². The van der Waals surface area contributed by atoms with Crippen molar-refractivity contribution in [2.45, 2.75) is 64.0 Å². The zero-order valence-electron chi connectivity index (χ0n) is 21.7. The zero-order chi connectivity index (χ0) is 24.3. The van der Waals surface area contributed by atoms with E-state index in [4.69, 9.17) is 0 Å². The molecule has 0 nitrogen and oxygen atoms in total. The number of fused-ring (bicyclic) bond motifs is 8. The van der Waals surface area contributed by atoms with Gasteiger partial charge in [0.25, 0.3) is 0 Å². The van der Waals surface area contributed by atoms with E-state index in [9.17, 15) is 0 Å². The summed E-state index contributed by atoms with van der Waals surface area (Å²) in [5, 5.41) is 0.473. The molecule has 0 aromatic heterocycles. The van der Waals surface area contributed by atoms with Crippen molar-refractivity contribution in [2.24, 2.45) is 5.92 Å². The number of benzene rings is 3. The predicted octanol–water partition coefficient (Wildman–Crippen LogP) is 9.33. The van der Waals surface area contributed by atoms with Gasteiger partial charge in [0.1, 0.15) is 0 Å². The van der Waals surface area contributed by atoms with Crippen LogP contribution in [-0.4, -0.2) is 6.26 Å². The van der Waals surface area contributed by atoms with Crippen LogP contribution in [0.2, 0.25) is 0 Å². The topological polar surface area (TPSA) is 0 Å². The largest absolute Gasteiger partial charge is 0.157 e. The second-order valence-corrected chi connectivity index (χ2v) is 11.9. The Morgan fingerprint density at radius 3 is 2.46 bits per heavy atom. The van der Waals surface area contributed by atoms with E-state index in [0.29, 0.717) is 11.2 Å². The third kappa shape index (κ3) is 3.20. The van der Waals surface area contributed by atoms with Crippen LogP contribution in [0.4, 0.5) is 0 Å². The van der Waals surface area contributed by atoms with Crippen molar-refractivity contribution >= 4 is 29.0 Å². The molecule has 3 atom stereocenters. The van der Waals surface area contributed by atoms with Gasteiger partial charge in [-0.1, -0.05) is 93.4 Å². The molecule has 0 radical (unpaired) electrons. The third-order valence-corrected chi connectivity index (χ3v) is 10.2. The monoisotopic (exact) mass is 476 g/mol. The molecule has 0 amide bonds. The van der Waals surface area contributed by atoms with E-state index in [0.717, 1.165) is 6.42 Å². The predicted molar refractivity (Wildman–Crippen MR) is 154 cm³/mol. The third-order valence-electron chi connectivity index (χ3n) is 9.17. The molecular weight excluding hydrogens is 440 g/mol. The van der Waals surface area contributed by atoms with Crippen molar-refractivity contribution in [3.8, 4) is 0 Å². The first-order chi connectivity index (χ1) is 17.0. The highest BCUT2D eigenvalue weighted by molar-refractivity contribution is 7.98. The maximum Gasteiger partial charge on any atom is 0.0337 e. The summed E-state index contributed by atoms with van der Waals surface area (Å²) in [6.45, 7) is 9.63. The molecule has 178 valence electrons. The molecule has 3 aromatic carbocycles. The fourth-order valence-corrected chi connectivity index (χ4v) is 8.13. The summed E-state index contributed by atoms with van der Waals surface area (Å²) < 4.78 is 0. The van der Waals surface area contributed by atoms with Gasteiger partial charge in [-0.2, -0.15) is 11.8 Å². The van der Waals surface area contributed by atoms with E-state index >= 15 is 0 Å². The van der Waals surface area contributed by atoms with Crippen LogP contribution in [0.25, 0.3) is 17.2 Å². The molecule has 0 heterocycles. The number of rotatable bonds is 4. The first kappa shape index (κ1) is 22.9. The Kier molecular flexibility index (Phi) is 5.60. The molecule has 3 aromatic rings. The summed E-state index contributed by atoms with van der Waals surface area (Å²) in [6.07, 6.45) is 12.0. The number of allylic oxidation sites excluding steroid dienone is 2. The molecular formula is C34H36S. The average molecular weight is 477 g/mol. The van der Waals surface area contributed by atoms with Gasteiger partial charge in [-0.25, -0.2) is 0 Å². The fourth-order valence-electron chi connectivity index (χ4n) is 7.27. The summed E-state index contributed by atoms with van der Waals surface area (Å²) in [6, 6.07) is 21.2. The Labute approximate surface area is 215 Å². The average Bonchev–Trinajstić information content (AvgIpc) is 3.13. The van der Waals surface area contributed by atoms with Crippen molar-refractivity contribution in [1.29, 1.82) is 0 Å². The first-order valence-electron chi connectivity index (χ1n) is 13.3. The van der Waals surface area contributed by atoms with Crippen LogP contribution in [0.1, 0.15) is 88.4 Å². The van der Waals surface area contributed by atoms with E-state index in [2.05, 4.69) is 101 Å². The number of hydrogen-bond donors (Lipinski definition) is 0. The molecule has 0 saturated carbocycles. The first-order valence-corrected chi connectivity index (χ1v) is 14.6. The molecule has 1 heteroatoms. The maximum absolute atomic E-state index is 2.56. The molecule has 6 rings (SSSR count). The van der Waals surface area contributed by atoms with Crippen LogP contribution in [-0.2, 0) is 11.8 Å². The van der Waals surface area contributed by atoms with Crippen molar-refractivity contribution in [2.75, 3.05) is 6.26 Å². The van der Waals surface area contributed by atoms with E-state index in [1.165, 1.54) is 69.3 Å². The van der Waals surface area contributed by atoms with E-state index in [1.807, 2.05) is 11.8 Å². The summed E-state index contributed by atoms with van der Waals surface area (Å²) in [4.78, 5) is 0. The zero-order valence-corrected chi connectivity index (χ0v) is 22.6. The van der Waals surface area contributed by atoms with Crippen LogP contribution in [0.3, 0.4) is 0 Å². The Hall–Kier alpha value is -2.51. The summed E-state index contributed by atoms with van der Waals surface area (Å²) >= 11 is 2.00. The van der Waals surface area contributed by atoms with Crippen LogP contribution in [0, 0.1) is 19.8 Å². The molecule has 0 fully saturated rings. The lowest BCUT2D eigenvalue weighted by Crippen LogP contribution is -2.34. The van der Waals surface area contributed by atoms with Gasteiger partial charge >= 0.3 is 0 Å². The number of unbranched alkanes of at least 4 members (excludes halogenated alkanes) is 1. The van der Waals surface area contributed by atoms with E-state index in [1.54, 1.807) is 11.1 Å². The molecule has 3 aliphatic carbocycles. The maximum atomic E-state index is 2.56. The lowest BCUT2D eigenvalue weighted by Gasteiger charge is -2.41. The fraction of sp³-hybridized carbons (Fsp3) is 0.353. The molecule has 0 N–H and O–H groups in total. The minimum atomic E-state index is -0.0228. The van der Waals surface area contributed by atoms with Gasteiger partial charge in [-0.05, 0) is 100 Å². The lowest BCUT2D eigenvalue weighted by molar-refractivity contribution is 0.405. The standard InChI is InChI=1S/C34H36S/c1-6-7-13-25-19-18-23-11-8-17-29-31-27-15-9-12-24(21(27)2)20-30(35-5)26-14-10-16-28(22(26)3)33(31)34(25,4)32(23)29/h8-12,14-19,25,30H,6-7,13,20H2,1-5H3/t25-,30?,34+/m1/s1. The number of hydrogen-bond acceptors (Lipinski definition) is 1.